The molecule has 0 saturated carbocycles. The molecule has 0 spiro atoms. The van der Waals surface area contributed by atoms with E-state index in [1.54, 1.807) is 35.3 Å². The van der Waals surface area contributed by atoms with Gasteiger partial charge in [0.2, 0.25) is 5.91 Å². The summed E-state index contributed by atoms with van der Waals surface area (Å²) in [5.41, 5.74) is 2.45. The van der Waals surface area contributed by atoms with Crippen LogP contribution in [-0.2, 0) is 9.59 Å². The average Bonchev–Trinajstić information content (AvgIpc) is 3.28. The molecule has 0 radical (unpaired) electrons. The number of rotatable bonds is 8. The van der Waals surface area contributed by atoms with Crippen LogP contribution < -0.4 is 14.2 Å². The molecular formula is C24H29N3O5. The number of hydrogen-bond acceptors (Lipinski definition) is 6. The molecule has 0 saturated heterocycles. The number of likely N-dealkylation sites (N-methyl/N-ethyl adjacent to an activating group) is 1. The molecule has 2 amide bonds. The van der Waals surface area contributed by atoms with Gasteiger partial charge in [-0.25, -0.2) is 5.01 Å². The standard InChI is InChI=1S/C24H29N3O5/c1-6-23(28)26(2)15-24(29)27-21(19-13-18(31-4)11-12-22(19)32-5)14-20(25-27)16-7-9-17(30-3)10-8-16/h7-13,21H,6,14-15H2,1-5H3/t21-/m0/s1. The predicted molar refractivity (Wildman–Crippen MR) is 121 cm³/mol. The number of ether oxygens (including phenoxy) is 3. The molecule has 0 N–H and O–H groups in total. The maximum Gasteiger partial charge on any atom is 0.262 e. The van der Waals surface area contributed by atoms with Crippen molar-refractivity contribution in [3.63, 3.8) is 0 Å². The lowest BCUT2D eigenvalue weighted by Gasteiger charge is -2.26. The van der Waals surface area contributed by atoms with E-state index in [0.717, 1.165) is 22.6 Å². The van der Waals surface area contributed by atoms with Crippen LogP contribution in [0.1, 0.15) is 36.9 Å². The van der Waals surface area contributed by atoms with Crippen molar-refractivity contribution < 1.29 is 23.8 Å². The van der Waals surface area contributed by atoms with E-state index in [2.05, 4.69) is 5.10 Å². The van der Waals surface area contributed by atoms with Gasteiger partial charge in [-0.15, -0.1) is 0 Å². The number of methoxy groups -OCH3 is 3. The SMILES string of the molecule is CCC(=O)N(C)CC(=O)N1N=C(c2ccc(OC)cc2)C[C@H]1c1cc(OC)ccc1OC. The van der Waals surface area contributed by atoms with Crippen molar-refractivity contribution in [1.82, 2.24) is 9.91 Å². The summed E-state index contributed by atoms with van der Waals surface area (Å²) in [5, 5.41) is 6.12. The Morgan fingerprint density at radius 2 is 1.69 bits per heavy atom. The maximum absolute atomic E-state index is 13.2. The van der Waals surface area contributed by atoms with Gasteiger partial charge in [-0.2, -0.15) is 5.10 Å². The minimum absolute atomic E-state index is 0.0607. The number of nitrogens with zero attached hydrogens (tertiary/aromatic N) is 3. The fraction of sp³-hybridized carbons (Fsp3) is 0.375. The minimum Gasteiger partial charge on any atom is -0.497 e. The fourth-order valence-corrected chi connectivity index (χ4v) is 3.67. The van der Waals surface area contributed by atoms with Gasteiger partial charge in [-0.1, -0.05) is 6.92 Å². The largest absolute Gasteiger partial charge is 0.497 e. The maximum atomic E-state index is 13.2. The van der Waals surface area contributed by atoms with Gasteiger partial charge < -0.3 is 19.1 Å². The third-order valence-corrected chi connectivity index (χ3v) is 5.49. The molecule has 8 heteroatoms. The Morgan fingerprint density at radius 1 is 1.03 bits per heavy atom. The topological polar surface area (TPSA) is 80.7 Å². The molecule has 2 aromatic carbocycles. The van der Waals surface area contributed by atoms with Crippen LogP contribution in [-0.4, -0.2) is 62.4 Å². The van der Waals surface area contributed by atoms with Gasteiger partial charge in [0.05, 0.1) is 33.1 Å². The Kier molecular flexibility index (Phi) is 7.35. The summed E-state index contributed by atoms with van der Waals surface area (Å²) >= 11 is 0. The molecule has 1 aliphatic heterocycles. The molecule has 0 aliphatic carbocycles. The Balaban J connectivity index is 1.99. The summed E-state index contributed by atoms with van der Waals surface area (Å²) in [5.74, 6) is 1.66. The number of hydrogen-bond donors (Lipinski definition) is 0. The summed E-state index contributed by atoms with van der Waals surface area (Å²) in [6.45, 7) is 1.71. The molecule has 1 aliphatic rings. The first kappa shape index (κ1) is 23.1. The van der Waals surface area contributed by atoms with E-state index < -0.39 is 6.04 Å². The zero-order valence-corrected chi connectivity index (χ0v) is 19.1. The van der Waals surface area contributed by atoms with Gasteiger partial charge in [-0.3, -0.25) is 9.59 Å². The quantitative estimate of drug-likeness (QED) is 0.631. The lowest BCUT2D eigenvalue weighted by atomic mass is 9.97. The van der Waals surface area contributed by atoms with Crippen LogP contribution in [0.15, 0.2) is 47.6 Å². The van der Waals surface area contributed by atoms with E-state index in [1.807, 2.05) is 42.5 Å². The predicted octanol–water partition coefficient (Wildman–Crippen LogP) is 3.26. The van der Waals surface area contributed by atoms with Crippen molar-refractivity contribution in [3.8, 4) is 17.2 Å². The molecule has 170 valence electrons. The summed E-state index contributed by atoms with van der Waals surface area (Å²) < 4.78 is 16.2. The average molecular weight is 440 g/mol. The zero-order valence-electron chi connectivity index (χ0n) is 19.1. The van der Waals surface area contributed by atoms with Crippen LogP contribution in [0.25, 0.3) is 0 Å². The first-order chi connectivity index (χ1) is 15.4. The molecule has 1 atom stereocenters. The molecule has 1 heterocycles. The second-order valence-electron chi connectivity index (χ2n) is 7.44. The second-order valence-corrected chi connectivity index (χ2v) is 7.44. The van der Waals surface area contributed by atoms with Crippen molar-refractivity contribution in [1.29, 1.82) is 0 Å². The van der Waals surface area contributed by atoms with Crippen molar-refractivity contribution in [3.05, 3.63) is 53.6 Å². The van der Waals surface area contributed by atoms with Gasteiger partial charge in [0, 0.05) is 25.5 Å². The number of amides is 2. The summed E-state index contributed by atoms with van der Waals surface area (Å²) in [6, 6.07) is 12.6. The fourth-order valence-electron chi connectivity index (χ4n) is 3.67. The molecule has 0 fully saturated rings. The highest BCUT2D eigenvalue weighted by Crippen LogP contribution is 2.39. The van der Waals surface area contributed by atoms with E-state index >= 15 is 0 Å². The van der Waals surface area contributed by atoms with E-state index in [1.165, 1.54) is 9.91 Å². The number of benzene rings is 2. The third-order valence-electron chi connectivity index (χ3n) is 5.49. The van der Waals surface area contributed by atoms with E-state index in [-0.39, 0.29) is 18.4 Å². The number of hydrazone groups is 1. The van der Waals surface area contributed by atoms with Crippen LogP contribution in [0.4, 0.5) is 0 Å². The first-order valence-electron chi connectivity index (χ1n) is 10.4. The molecule has 0 unspecified atom stereocenters. The Labute approximate surface area is 188 Å². The zero-order chi connectivity index (χ0) is 23.3. The van der Waals surface area contributed by atoms with Crippen molar-refractivity contribution in [2.24, 2.45) is 5.10 Å². The Morgan fingerprint density at radius 3 is 2.28 bits per heavy atom. The van der Waals surface area contributed by atoms with Crippen LogP contribution in [0.2, 0.25) is 0 Å². The molecule has 3 rings (SSSR count). The molecule has 8 nitrogen and oxygen atoms in total. The minimum atomic E-state index is -0.394. The molecule has 0 aromatic heterocycles. The highest BCUT2D eigenvalue weighted by molar-refractivity contribution is 6.03. The van der Waals surface area contributed by atoms with E-state index in [4.69, 9.17) is 14.2 Å². The van der Waals surface area contributed by atoms with Gasteiger partial charge >= 0.3 is 0 Å². The van der Waals surface area contributed by atoms with Gasteiger partial charge in [0.25, 0.3) is 5.91 Å². The smallest absolute Gasteiger partial charge is 0.262 e. The monoisotopic (exact) mass is 439 g/mol. The van der Waals surface area contributed by atoms with Crippen molar-refractivity contribution in [2.45, 2.75) is 25.8 Å². The summed E-state index contributed by atoms with van der Waals surface area (Å²) in [6.07, 6.45) is 0.824. The number of carbonyl (C=O) groups excluding carboxylic acids is 2. The molecule has 2 aromatic rings. The Hall–Kier alpha value is -3.55. The van der Waals surface area contributed by atoms with Crippen molar-refractivity contribution in [2.75, 3.05) is 34.9 Å². The van der Waals surface area contributed by atoms with E-state index in [9.17, 15) is 9.59 Å². The van der Waals surface area contributed by atoms with E-state index in [0.29, 0.717) is 24.3 Å². The molecule has 0 bridgehead atoms. The van der Waals surface area contributed by atoms with Crippen LogP contribution in [0, 0.1) is 0 Å². The van der Waals surface area contributed by atoms with Crippen LogP contribution >= 0.6 is 0 Å². The lowest BCUT2D eigenvalue weighted by Crippen LogP contribution is -2.39. The lowest BCUT2D eigenvalue weighted by molar-refractivity contribution is -0.140. The van der Waals surface area contributed by atoms with Crippen LogP contribution in [0.3, 0.4) is 0 Å². The second kappa shape index (κ2) is 10.2. The molecule has 32 heavy (non-hydrogen) atoms. The van der Waals surface area contributed by atoms with Gasteiger partial charge in [-0.05, 0) is 48.0 Å². The van der Waals surface area contributed by atoms with Crippen molar-refractivity contribution >= 4 is 17.5 Å². The number of carbonyl (C=O) groups is 2. The highest BCUT2D eigenvalue weighted by Gasteiger charge is 2.35. The van der Waals surface area contributed by atoms with Gasteiger partial charge in [0.1, 0.15) is 23.8 Å². The first-order valence-corrected chi connectivity index (χ1v) is 10.4. The summed E-state index contributed by atoms with van der Waals surface area (Å²) in [7, 11) is 6.41. The molecular weight excluding hydrogens is 410 g/mol. The van der Waals surface area contributed by atoms with Gasteiger partial charge in [0.15, 0.2) is 0 Å². The third kappa shape index (κ3) is 4.85. The highest BCUT2D eigenvalue weighted by atomic mass is 16.5. The van der Waals surface area contributed by atoms with Crippen LogP contribution in [0.5, 0.6) is 17.2 Å². The Bertz CT molecular complexity index is 1000. The summed E-state index contributed by atoms with van der Waals surface area (Å²) in [4.78, 5) is 26.7. The normalized spacial score (nSPS) is 15.2.